The van der Waals surface area contributed by atoms with Crippen molar-refractivity contribution in [3.63, 3.8) is 0 Å². The normalized spacial score (nSPS) is 12.5. The van der Waals surface area contributed by atoms with E-state index in [1.807, 2.05) is 0 Å². The molecule has 0 heterocycles. The second-order valence-corrected chi connectivity index (χ2v) is 5.22. The van der Waals surface area contributed by atoms with E-state index in [4.69, 9.17) is 5.11 Å². The molecule has 0 amide bonds. The van der Waals surface area contributed by atoms with Crippen LogP contribution in [-0.2, 0) is 0 Å². The van der Waals surface area contributed by atoms with Crippen LogP contribution in [0.25, 0.3) is 0 Å². The van der Waals surface area contributed by atoms with Crippen LogP contribution in [0.4, 0.5) is 26.3 Å². The van der Waals surface area contributed by atoms with E-state index < -0.39 is 55.9 Å². The lowest BCUT2D eigenvalue weighted by Crippen LogP contribution is -2.07. The standard InChI is InChI=1S/C9H4F6O2S2/c10-8(11,12)18-5-3-1-2-4(7(16)17)6(5)19-9(13,14)15/h1-3H,(H,16,17). The van der Waals surface area contributed by atoms with Gasteiger partial charge in [-0.1, -0.05) is 6.07 Å². The van der Waals surface area contributed by atoms with Crippen molar-refractivity contribution in [2.24, 2.45) is 0 Å². The summed E-state index contributed by atoms with van der Waals surface area (Å²) >= 11 is -1.66. The Kier molecular flexibility index (Phi) is 4.67. The molecule has 0 atom stereocenters. The molecular weight excluding hydrogens is 318 g/mol. The average Bonchev–Trinajstić information content (AvgIpc) is 2.15. The molecule has 1 rings (SSSR count). The number of hydrogen-bond donors (Lipinski definition) is 1. The average molecular weight is 322 g/mol. The Hall–Kier alpha value is -1.03. The molecule has 0 radical (unpaired) electrons. The molecule has 0 aromatic heterocycles. The minimum atomic E-state index is -4.88. The number of hydrogen-bond acceptors (Lipinski definition) is 3. The number of carboxylic acid groups (broad SMARTS) is 1. The van der Waals surface area contributed by atoms with Gasteiger partial charge in [0.2, 0.25) is 0 Å². The summed E-state index contributed by atoms with van der Waals surface area (Å²) in [6, 6.07) is 2.56. The van der Waals surface area contributed by atoms with E-state index in [9.17, 15) is 31.1 Å². The zero-order valence-electron chi connectivity index (χ0n) is 8.67. The molecule has 2 nitrogen and oxygen atoms in total. The second kappa shape index (κ2) is 5.53. The van der Waals surface area contributed by atoms with Gasteiger partial charge in [-0.2, -0.15) is 26.3 Å². The number of rotatable bonds is 3. The molecule has 0 bridgehead atoms. The fourth-order valence-corrected chi connectivity index (χ4v) is 2.62. The molecule has 0 fully saturated rings. The SMILES string of the molecule is O=C(O)c1cccc(SC(F)(F)F)c1SC(F)(F)F. The number of alkyl halides is 6. The van der Waals surface area contributed by atoms with Gasteiger partial charge in [-0.3, -0.25) is 0 Å². The van der Waals surface area contributed by atoms with Gasteiger partial charge in [-0.25, -0.2) is 4.79 Å². The van der Waals surface area contributed by atoms with E-state index >= 15 is 0 Å². The van der Waals surface area contributed by atoms with Crippen LogP contribution in [0, 0.1) is 0 Å². The Bertz CT molecular complexity index is 483. The Morgan fingerprint density at radius 1 is 1.00 bits per heavy atom. The Morgan fingerprint density at radius 2 is 1.53 bits per heavy atom. The fraction of sp³-hybridized carbons (Fsp3) is 0.222. The van der Waals surface area contributed by atoms with Crippen molar-refractivity contribution < 1.29 is 36.2 Å². The maximum Gasteiger partial charge on any atom is 0.446 e. The third-order valence-corrected chi connectivity index (χ3v) is 3.45. The number of halogens is 6. The smallest absolute Gasteiger partial charge is 0.446 e. The van der Waals surface area contributed by atoms with Crippen LogP contribution in [0.2, 0.25) is 0 Å². The number of benzene rings is 1. The summed E-state index contributed by atoms with van der Waals surface area (Å²) in [5.41, 5.74) is -10.5. The minimum Gasteiger partial charge on any atom is -0.478 e. The molecule has 0 saturated carbocycles. The van der Waals surface area contributed by atoms with E-state index in [0.29, 0.717) is 0 Å². The minimum absolute atomic E-state index is 0.785. The second-order valence-electron chi connectivity index (χ2n) is 3.03. The molecule has 0 saturated heterocycles. The van der Waals surface area contributed by atoms with Crippen LogP contribution in [0.15, 0.2) is 28.0 Å². The molecule has 1 aromatic rings. The summed E-state index contributed by atoms with van der Waals surface area (Å²) in [6.45, 7) is 0. The summed E-state index contributed by atoms with van der Waals surface area (Å²) in [5, 5.41) is 8.71. The fourth-order valence-electron chi connectivity index (χ4n) is 1.11. The van der Waals surface area contributed by atoms with Crippen LogP contribution in [0.5, 0.6) is 0 Å². The zero-order chi connectivity index (χ0) is 14.8. The first-order valence-corrected chi connectivity index (χ1v) is 6.01. The highest BCUT2D eigenvalue weighted by Gasteiger charge is 2.36. The monoisotopic (exact) mass is 322 g/mol. The lowest BCUT2D eigenvalue weighted by molar-refractivity contribution is -0.0346. The van der Waals surface area contributed by atoms with E-state index in [1.54, 1.807) is 0 Å². The van der Waals surface area contributed by atoms with Crippen molar-refractivity contribution in [1.29, 1.82) is 0 Å². The highest BCUT2D eigenvalue weighted by Crippen LogP contribution is 2.47. The quantitative estimate of drug-likeness (QED) is 0.651. The van der Waals surface area contributed by atoms with E-state index in [2.05, 4.69) is 0 Å². The van der Waals surface area contributed by atoms with Gasteiger partial charge in [-0.15, -0.1) is 0 Å². The molecule has 0 aliphatic carbocycles. The Morgan fingerprint density at radius 3 is 1.95 bits per heavy atom. The summed E-state index contributed by atoms with van der Waals surface area (Å²) in [5.74, 6) is -1.73. The van der Waals surface area contributed by atoms with Crippen molar-refractivity contribution in [1.82, 2.24) is 0 Å². The van der Waals surface area contributed by atoms with Crippen molar-refractivity contribution in [3.05, 3.63) is 23.8 Å². The van der Waals surface area contributed by atoms with Crippen molar-refractivity contribution in [2.45, 2.75) is 20.8 Å². The van der Waals surface area contributed by atoms with Gasteiger partial charge in [0.15, 0.2) is 0 Å². The van der Waals surface area contributed by atoms with Crippen molar-refractivity contribution in [3.8, 4) is 0 Å². The molecule has 0 aliphatic heterocycles. The predicted octanol–water partition coefficient (Wildman–Crippen LogP) is 4.61. The van der Waals surface area contributed by atoms with Crippen molar-refractivity contribution >= 4 is 29.5 Å². The number of carboxylic acids is 1. The van der Waals surface area contributed by atoms with Gasteiger partial charge in [0.05, 0.1) is 5.56 Å². The van der Waals surface area contributed by atoms with Crippen LogP contribution >= 0.6 is 23.5 Å². The van der Waals surface area contributed by atoms with Gasteiger partial charge in [0, 0.05) is 9.79 Å². The van der Waals surface area contributed by atoms with Crippen LogP contribution in [0.3, 0.4) is 0 Å². The highest BCUT2D eigenvalue weighted by molar-refractivity contribution is 8.03. The summed E-state index contributed by atoms with van der Waals surface area (Å²) < 4.78 is 73.5. The van der Waals surface area contributed by atoms with Crippen LogP contribution in [0.1, 0.15) is 10.4 Å². The molecule has 0 unspecified atom stereocenters. The maximum absolute atomic E-state index is 12.3. The van der Waals surface area contributed by atoms with Gasteiger partial charge >= 0.3 is 17.0 Å². The summed E-state index contributed by atoms with van der Waals surface area (Å²) in [7, 11) is 0. The van der Waals surface area contributed by atoms with E-state index in [0.717, 1.165) is 18.2 Å². The third-order valence-electron chi connectivity index (χ3n) is 1.65. The number of thioether (sulfide) groups is 2. The molecular formula is C9H4F6O2S2. The zero-order valence-corrected chi connectivity index (χ0v) is 10.3. The summed E-state index contributed by atoms with van der Waals surface area (Å²) in [4.78, 5) is 8.99. The Labute approximate surface area is 111 Å². The predicted molar refractivity (Wildman–Crippen MR) is 57.2 cm³/mol. The largest absolute Gasteiger partial charge is 0.478 e. The van der Waals surface area contributed by atoms with Crippen LogP contribution < -0.4 is 0 Å². The maximum atomic E-state index is 12.3. The van der Waals surface area contributed by atoms with Crippen LogP contribution in [-0.4, -0.2) is 22.1 Å². The molecule has 0 spiro atoms. The van der Waals surface area contributed by atoms with E-state index in [1.165, 1.54) is 0 Å². The van der Waals surface area contributed by atoms with Gasteiger partial charge in [0.1, 0.15) is 0 Å². The molecule has 1 aromatic carbocycles. The van der Waals surface area contributed by atoms with E-state index in [-0.39, 0.29) is 0 Å². The van der Waals surface area contributed by atoms with Gasteiger partial charge in [-0.05, 0) is 35.7 Å². The molecule has 1 N–H and O–H groups in total. The van der Waals surface area contributed by atoms with Gasteiger partial charge < -0.3 is 5.11 Å². The molecule has 10 heteroatoms. The van der Waals surface area contributed by atoms with Crippen molar-refractivity contribution in [2.75, 3.05) is 0 Å². The Balaban J connectivity index is 3.30. The first kappa shape index (κ1) is 16.0. The third kappa shape index (κ3) is 5.23. The topological polar surface area (TPSA) is 37.3 Å². The summed E-state index contributed by atoms with van der Waals surface area (Å²) in [6.07, 6.45) is 0. The highest BCUT2D eigenvalue weighted by atomic mass is 32.2. The molecule has 106 valence electrons. The number of aromatic carboxylic acids is 1. The molecule has 19 heavy (non-hydrogen) atoms. The lowest BCUT2D eigenvalue weighted by atomic mass is 10.2. The first-order chi connectivity index (χ1) is 8.49. The first-order valence-electron chi connectivity index (χ1n) is 4.37. The van der Waals surface area contributed by atoms with Gasteiger partial charge in [0.25, 0.3) is 0 Å². The molecule has 0 aliphatic rings. The lowest BCUT2D eigenvalue weighted by Gasteiger charge is -2.14. The number of carbonyl (C=O) groups is 1.